The van der Waals surface area contributed by atoms with Gasteiger partial charge in [-0.1, -0.05) is 6.07 Å². The fourth-order valence-electron chi connectivity index (χ4n) is 1.52. The van der Waals surface area contributed by atoms with E-state index in [4.69, 9.17) is 4.42 Å². The van der Waals surface area contributed by atoms with Gasteiger partial charge in [0, 0.05) is 5.56 Å². The smallest absolute Gasteiger partial charge is 0.338 e. The summed E-state index contributed by atoms with van der Waals surface area (Å²) < 4.78 is 34.1. The van der Waals surface area contributed by atoms with Crippen molar-refractivity contribution in [1.29, 1.82) is 0 Å². The number of benzene rings is 1. The molecule has 5 nitrogen and oxygen atoms in total. The normalized spacial score (nSPS) is 10.8. The Morgan fingerprint density at radius 1 is 1.37 bits per heavy atom. The van der Waals surface area contributed by atoms with Gasteiger partial charge in [-0.25, -0.2) is 4.79 Å². The van der Waals surface area contributed by atoms with Crippen LogP contribution in [0.3, 0.4) is 0 Å². The van der Waals surface area contributed by atoms with Gasteiger partial charge in [-0.05, 0) is 24.6 Å². The second-order valence-corrected chi connectivity index (χ2v) is 3.77. The van der Waals surface area contributed by atoms with Crippen LogP contribution in [-0.2, 0) is 4.74 Å². The van der Waals surface area contributed by atoms with E-state index in [1.54, 1.807) is 19.1 Å². The Kier molecular flexibility index (Phi) is 3.55. The number of rotatable bonds is 3. The first-order valence-corrected chi connectivity index (χ1v) is 5.34. The zero-order chi connectivity index (χ0) is 14.0. The van der Waals surface area contributed by atoms with Gasteiger partial charge in [0.05, 0.1) is 12.7 Å². The van der Waals surface area contributed by atoms with Crippen LogP contribution in [0.25, 0.3) is 11.5 Å². The van der Waals surface area contributed by atoms with Gasteiger partial charge < -0.3 is 9.15 Å². The summed E-state index contributed by atoms with van der Waals surface area (Å²) >= 11 is 0. The fourth-order valence-corrected chi connectivity index (χ4v) is 1.52. The summed E-state index contributed by atoms with van der Waals surface area (Å²) in [6.45, 7) is 1.73. The molecule has 0 atom stereocenters. The van der Waals surface area contributed by atoms with Gasteiger partial charge in [0.25, 0.3) is 5.89 Å². The van der Waals surface area contributed by atoms with E-state index in [0.29, 0.717) is 16.7 Å². The second-order valence-electron chi connectivity index (χ2n) is 3.77. The maximum atomic E-state index is 12.4. The quantitative estimate of drug-likeness (QED) is 0.801. The van der Waals surface area contributed by atoms with Crippen LogP contribution in [0.4, 0.5) is 8.78 Å². The van der Waals surface area contributed by atoms with Crippen molar-refractivity contribution in [3.8, 4) is 11.5 Å². The average molecular weight is 268 g/mol. The molecule has 1 heterocycles. The molecule has 0 fully saturated rings. The molecular weight excluding hydrogens is 258 g/mol. The number of ether oxygens (including phenoxy) is 1. The predicted molar refractivity (Wildman–Crippen MR) is 60.8 cm³/mol. The zero-order valence-corrected chi connectivity index (χ0v) is 10.2. The number of aryl methyl sites for hydroxylation is 1. The molecule has 7 heteroatoms. The standard InChI is InChI=1S/C12H10F2N2O3/c1-6-3-4-7(5-8(6)12(17)18-2)10-15-16-11(19-10)9(13)14/h3-5,9H,1-2H3. The molecule has 0 N–H and O–H groups in total. The van der Waals surface area contributed by atoms with Crippen molar-refractivity contribution in [2.24, 2.45) is 0 Å². The molecule has 0 saturated heterocycles. The summed E-state index contributed by atoms with van der Waals surface area (Å²) in [5.74, 6) is -1.34. The Bertz CT molecular complexity index is 611. The number of hydrogen-bond donors (Lipinski definition) is 0. The molecule has 0 unspecified atom stereocenters. The first-order chi connectivity index (χ1) is 9.02. The SMILES string of the molecule is COC(=O)c1cc(-c2nnc(C(F)F)o2)ccc1C. The highest BCUT2D eigenvalue weighted by atomic mass is 19.3. The second kappa shape index (κ2) is 5.13. The molecule has 1 aromatic heterocycles. The molecule has 0 bridgehead atoms. The first kappa shape index (κ1) is 13.1. The van der Waals surface area contributed by atoms with Crippen LogP contribution < -0.4 is 0 Å². The van der Waals surface area contributed by atoms with Crippen molar-refractivity contribution in [1.82, 2.24) is 10.2 Å². The highest BCUT2D eigenvalue weighted by Gasteiger charge is 2.18. The van der Waals surface area contributed by atoms with Gasteiger partial charge in [-0.2, -0.15) is 8.78 Å². The first-order valence-electron chi connectivity index (χ1n) is 5.34. The van der Waals surface area contributed by atoms with E-state index in [0.717, 1.165) is 0 Å². The third-order valence-corrected chi connectivity index (χ3v) is 2.52. The molecule has 0 aliphatic rings. The van der Waals surface area contributed by atoms with Gasteiger partial charge in [-0.15, -0.1) is 10.2 Å². The van der Waals surface area contributed by atoms with Crippen LogP contribution in [-0.4, -0.2) is 23.3 Å². The minimum Gasteiger partial charge on any atom is -0.465 e. The number of carbonyl (C=O) groups is 1. The number of esters is 1. The number of aromatic nitrogens is 2. The van der Waals surface area contributed by atoms with Crippen LogP contribution in [0.15, 0.2) is 22.6 Å². The van der Waals surface area contributed by atoms with Crippen molar-refractivity contribution in [3.63, 3.8) is 0 Å². The molecule has 1 aromatic carbocycles. The third-order valence-electron chi connectivity index (χ3n) is 2.52. The van der Waals surface area contributed by atoms with E-state index in [2.05, 4.69) is 14.9 Å². The van der Waals surface area contributed by atoms with Crippen LogP contribution in [0.5, 0.6) is 0 Å². The summed E-state index contributed by atoms with van der Waals surface area (Å²) in [7, 11) is 1.26. The summed E-state index contributed by atoms with van der Waals surface area (Å²) in [4.78, 5) is 11.5. The lowest BCUT2D eigenvalue weighted by molar-refractivity contribution is 0.0600. The number of carbonyl (C=O) groups excluding carboxylic acids is 1. The molecule has 100 valence electrons. The number of halogens is 2. The summed E-state index contributed by atoms with van der Waals surface area (Å²) in [6, 6.07) is 4.71. The largest absolute Gasteiger partial charge is 0.465 e. The van der Waals surface area contributed by atoms with Gasteiger partial charge in [0.15, 0.2) is 0 Å². The van der Waals surface area contributed by atoms with Crippen molar-refractivity contribution < 1.29 is 22.7 Å². The molecule has 0 saturated carbocycles. The lowest BCUT2D eigenvalue weighted by Gasteiger charge is -2.04. The number of hydrogen-bond acceptors (Lipinski definition) is 5. The van der Waals surface area contributed by atoms with Crippen molar-refractivity contribution >= 4 is 5.97 Å². The Morgan fingerprint density at radius 2 is 2.11 bits per heavy atom. The highest BCUT2D eigenvalue weighted by Crippen LogP contribution is 2.25. The Hall–Kier alpha value is -2.31. The average Bonchev–Trinajstić information content (AvgIpc) is 2.88. The Labute approximate surface area is 107 Å². The summed E-state index contributed by atoms with van der Waals surface area (Å²) in [5, 5.41) is 6.74. The van der Waals surface area contributed by atoms with Crippen LogP contribution >= 0.6 is 0 Å². The number of methoxy groups -OCH3 is 1. The molecule has 0 aliphatic carbocycles. The zero-order valence-electron chi connectivity index (χ0n) is 10.2. The van der Waals surface area contributed by atoms with Crippen LogP contribution in [0.2, 0.25) is 0 Å². The third kappa shape index (κ3) is 2.59. The van der Waals surface area contributed by atoms with Crippen molar-refractivity contribution in [2.45, 2.75) is 13.3 Å². The Morgan fingerprint density at radius 3 is 2.68 bits per heavy atom. The fraction of sp³-hybridized carbons (Fsp3) is 0.250. The predicted octanol–water partition coefficient (Wildman–Crippen LogP) is 2.77. The number of nitrogens with zero attached hydrogens (tertiary/aromatic N) is 2. The maximum absolute atomic E-state index is 12.4. The maximum Gasteiger partial charge on any atom is 0.338 e. The van der Waals surface area contributed by atoms with E-state index in [1.807, 2.05) is 0 Å². The molecule has 0 spiro atoms. The van der Waals surface area contributed by atoms with E-state index in [-0.39, 0.29) is 5.89 Å². The van der Waals surface area contributed by atoms with Crippen molar-refractivity contribution in [2.75, 3.05) is 7.11 Å². The molecule has 2 aromatic rings. The van der Waals surface area contributed by atoms with E-state index >= 15 is 0 Å². The lowest BCUT2D eigenvalue weighted by Crippen LogP contribution is -2.03. The van der Waals surface area contributed by atoms with Crippen molar-refractivity contribution in [3.05, 3.63) is 35.2 Å². The van der Waals surface area contributed by atoms with Crippen LogP contribution in [0.1, 0.15) is 28.2 Å². The van der Waals surface area contributed by atoms with Crippen LogP contribution in [0, 0.1) is 6.92 Å². The summed E-state index contributed by atoms with van der Waals surface area (Å²) in [6.07, 6.45) is -2.83. The van der Waals surface area contributed by atoms with E-state index in [1.165, 1.54) is 13.2 Å². The van der Waals surface area contributed by atoms with Gasteiger partial charge >= 0.3 is 12.4 Å². The molecule has 2 rings (SSSR count). The molecular formula is C12H10F2N2O3. The van der Waals surface area contributed by atoms with E-state index < -0.39 is 18.3 Å². The molecule has 19 heavy (non-hydrogen) atoms. The summed E-state index contributed by atoms with van der Waals surface area (Å²) in [5.41, 5.74) is 1.39. The molecule has 0 radical (unpaired) electrons. The monoisotopic (exact) mass is 268 g/mol. The van der Waals surface area contributed by atoms with Gasteiger partial charge in [0.2, 0.25) is 5.89 Å². The molecule has 0 aliphatic heterocycles. The highest BCUT2D eigenvalue weighted by molar-refractivity contribution is 5.92. The topological polar surface area (TPSA) is 65.2 Å². The van der Waals surface area contributed by atoms with Gasteiger partial charge in [-0.3, -0.25) is 0 Å². The Balaban J connectivity index is 2.42. The van der Waals surface area contributed by atoms with Gasteiger partial charge in [0.1, 0.15) is 0 Å². The minimum atomic E-state index is -2.83. The minimum absolute atomic E-state index is 0.0690. The number of alkyl halides is 2. The lowest BCUT2D eigenvalue weighted by atomic mass is 10.1. The van der Waals surface area contributed by atoms with E-state index in [9.17, 15) is 13.6 Å². The molecule has 0 amide bonds.